The molecule has 20 heavy (non-hydrogen) atoms. The lowest BCUT2D eigenvalue weighted by atomic mass is 10.2. The first kappa shape index (κ1) is 14.8. The predicted octanol–water partition coefficient (Wildman–Crippen LogP) is -0.189. The Labute approximate surface area is 117 Å². The average Bonchev–Trinajstić information content (AvgIpc) is 3.04. The van der Waals surface area contributed by atoms with Gasteiger partial charge in [0.2, 0.25) is 10.0 Å². The van der Waals surface area contributed by atoms with Crippen LogP contribution in [0.5, 0.6) is 0 Å². The van der Waals surface area contributed by atoms with Crippen molar-refractivity contribution >= 4 is 21.8 Å². The Balaban J connectivity index is 2.38. The summed E-state index contributed by atoms with van der Waals surface area (Å²) in [5.74, 6) is -0.602. The highest BCUT2D eigenvalue weighted by Crippen LogP contribution is 2.29. The molecule has 1 saturated heterocycles. The number of hydrogen-bond acceptors (Lipinski definition) is 6. The van der Waals surface area contributed by atoms with Crippen LogP contribution in [0.25, 0.3) is 0 Å². The fourth-order valence-corrected chi connectivity index (χ4v) is 4.01. The molecular weight excluding hydrogens is 284 g/mol. The normalized spacial score (nSPS) is 20.2. The highest BCUT2D eigenvalue weighted by molar-refractivity contribution is 7.89. The standard InChI is InChI=1S/C11H18N4O4S/c1-3-14-7-9(10(12)13-14)20(17,18)15-6-4-5-8(15)11(16)19-2/h7-8H,3-6H2,1-2H3,(H2,12,13). The van der Waals surface area contributed by atoms with Crippen LogP contribution in [-0.4, -0.2) is 48.2 Å². The Morgan fingerprint density at radius 1 is 1.60 bits per heavy atom. The number of ether oxygens (including phenoxy) is 1. The number of anilines is 1. The van der Waals surface area contributed by atoms with Gasteiger partial charge in [0.15, 0.2) is 5.82 Å². The second-order valence-corrected chi connectivity index (χ2v) is 6.39. The van der Waals surface area contributed by atoms with Gasteiger partial charge < -0.3 is 10.5 Å². The third-order valence-corrected chi connectivity index (χ3v) is 5.27. The lowest BCUT2D eigenvalue weighted by Crippen LogP contribution is -2.41. The van der Waals surface area contributed by atoms with Crippen molar-refractivity contribution < 1.29 is 17.9 Å². The minimum atomic E-state index is -3.84. The zero-order chi connectivity index (χ0) is 14.9. The molecule has 9 heteroatoms. The molecule has 112 valence electrons. The Bertz CT molecular complexity index is 610. The van der Waals surface area contributed by atoms with Crippen molar-refractivity contribution in [2.75, 3.05) is 19.4 Å². The molecule has 8 nitrogen and oxygen atoms in total. The number of hydrogen-bond donors (Lipinski definition) is 1. The Morgan fingerprint density at radius 2 is 2.30 bits per heavy atom. The lowest BCUT2D eigenvalue weighted by Gasteiger charge is -2.21. The van der Waals surface area contributed by atoms with Crippen molar-refractivity contribution in [3.8, 4) is 0 Å². The molecule has 1 aromatic heterocycles. The molecule has 1 fully saturated rings. The summed E-state index contributed by atoms with van der Waals surface area (Å²) in [5, 5.41) is 3.93. The van der Waals surface area contributed by atoms with Crippen molar-refractivity contribution in [1.82, 2.24) is 14.1 Å². The van der Waals surface area contributed by atoms with Crippen molar-refractivity contribution in [2.45, 2.75) is 37.2 Å². The summed E-state index contributed by atoms with van der Waals surface area (Å²) in [6.07, 6.45) is 2.45. The van der Waals surface area contributed by atoms with Crippen LogP contribution in [0.4, 0.5) is 5.82 Å². The van der Waals surface area contributed by atoms with E-state index in [1.54, 1.807) is 0 Å². The van der Waals surface area contributed by atoms with Gasteiger partial charge in [0, 0.05) is 19.3 Å². The third kappa shape index (κ3) is 2.38. The molecule has 0 amide bonds. The fourth-order valence-electron chi connectivity index (χ4n) is 2.30. The number of aromatic nitrogens is 2. The molecule has 0 radical (unpaired) electrons. The van der Waals surface area contributed by atoms with E-state index in [2.05, 4.69) is 9.84 Å². The summed E-state index contributed by atoms with van der Waals surface area (Å²) >= 11 is 0. The molecule has 2 rings (SSSR count). The van der Waals surface area contributed by atoms with Gasteiger partial charge >= 0.3 is 5.97 Å². The van der Waals surface area contributed by atoms with E-state index >= 15 is 0 Å². The monoisotopic (exact) mass is 302 g/mol. The first-order valence-electron chi connectivity index (χ1n) is 6.34. The number of methoxy groups -OCH3 is 1. The van der Waals surface area contributed by atoms with Crippen LogP contribution in [0.1, 0.15) is 19.8 Å². The second-order valence-electron chi connectivity index (χ2n) is 4.53. The SMILES string of the molecule is CCn1cc(S(=O)(=O)N2CCCC2C(=O)OC)c(N)n1. The molecule has 2 heterocycles. The van der Waals surface area contributed by atoms with Gasteiger partial charge in [-0.05, 0) is 19.8 Å². The quantitative estimate of drug-likeness (QED) is 0.772. The fraction of sp³-hybridized carbons (Fsp3) is 0.636. The van der Waals surface area contributed by atoms with Gasteiger partial charge in [-0.2, -0.15) is 9.40 Å². The first-order valence-corrected chi connectivity index (χ1v) is 7.78. The van der Waals surface area contributed by atoms with E-state index < -0.39 is 22.0 Å². The number of nitrogens with two attached hydrogens (primary N) is 1. The molecule has 2 N–H and O–H groups in total. The number of carbonyl (C=O) groups excluding carboxylic acids is 1. The number of nitrogen functional groups attached to an aromatic ring is 1. The topological polar surface area (TPSA) is 108 Å². The van der Waals surface area contributed by atoms with Crippen LogP contribution >= 0.6 is 0 Å². The van der Waals surface area contributed by atoms with Gasteiger partial charge in [-0.1, -0.05) is 0 Å². The van der Waals surface area contributed by atoms with Crippen molar-refractivity contribution in [3.63, 3.8) is 0 Å². The Morgan fingerprint density at radius 3 is 2.85 bits per heavy atom. The van der Waals surface area contributed by atoms with Crippen molar-refractivity contribution in [1.29, 1.82) is 0 Å². The molecule has 0 bridgehead atoms. The minimum absolute atomic E-state index is 0.0534. The summed E-state index contributed by atoms with van der Waals surface area (Å²) in [6.45, 7) is 2.62. The van der Waals surface area contributed by atoms with E-state index in [-0.39, 0.29) is 17.3 Å². The molecule has 0 aromatic carbocycles. The van der Waals surface area contributed by atoms with Crippen LogP contribution in [0.2, 0.25) is 0 Å². The highest BCUT2D eigenvalue weighted by atomic mass is 32.2. The molecule has 0 aliphatic carbocycles. The maximum Gasteiger partial charge on any atom is 0.324 e. The number of carbonyl (C=O) groups is 1. The number of rotatable bonds is 4. The van der Waals surface area contributed by atoms with Gasteiger partial charge in [0.25, 0.3) is 0 Å². The molecule has 1 aliphatic rings. The Kier molecular flexibility index (Phi) is 4.00. The first-order chi connectivity index (χ1) is 9.41. The largest absolute Gasteiger partial charge is 0.468 e. The zero-order valence-corrected chi connectivity index (χ0v) is 12.3. The summed E-state index contributed by atoms with van der Waals surface area (Å²) < 4.78 is 32.5. The number of nitrogens with zero attached hydrogens (tertiary/aromatic N) is 3. The summed E-state index contributed by atoms with van der Waals surface area (Å²) in [4.78, 5) is 11.6. The maximum atomic E-state index is 12.6. The van der Waals surface area contributed by atoms with Gasteiger partial charge in [-0.15, -0.1) is 0 Å². The molecule has 1 unspecified atom stereocenters. The number of esters is 1. The molecule has 0 spiro atoms. The van der Waals surface area contributed by atoms with E-state index in [9.17, 15) is 13.2 Å². The predicted molar refractivity (Wildman–Crippen MR) is 71.2 cm³/mol. The van der Waals surface area contributed by atoms with Crippen LogP contribution < -0.4 is 5.73 Å². The highest BCUT2D eigenvalue weighted by Gasteiger charge is 2.41. The molecule has 1 atom stereocenters. The number of aryl methyl sites for hydroxylation is 1. The van der Waals surface area contributed by atoms with E-state index in [0.717, 1.165) is 4.31 Å². The summed E-state index contributed by atoms with van der Waals surface area (Å²) in [6, 6.07) is -0.783. The lowest BCUT2D eigenvalue weighted by molar-refractivity contribution is -0.144. The summed E-state index contributed by atoms with van der Waals surface area (Å²) in [5.41, 5.74) is 5.67. The minimum Gasteiger partial charge on any atom is -0.468 e. The van der Waals surface area contributed by atoms with Crippen LogP contribution in [-0.2, 0) is 26.1 Å². The Hall–Kier alpha value is -1.61. The average molecular weight is 302 g/mol. The summed E-state index contributed by atoms with van der Waals surface area (Å²) in [7, 11) is -2.59. The van der Waals surface area contributed by atoms with Crippen LogP contribution in [0, 0.1) is 0 Å². The van der Waals surface area contributed by atoms with Gasteiger partial charge in [-0.25, -0.2) is 8.42 Å². The van der Waals surface area contributed by atoms with Crippen molar-refractivity contribution in [2.24, 2.45) is 0 Å². The van der Waals surface area contributed by atoms with Gasteiger partial charge in [0.05, 0.1) is 7.11 Å². The van der Waals surface area contributed by atoms with Crippen molar-refractivity contribution in [3.05, 3.63) is 6.20 Å². The molecule has 1 aromatic rings. The van der Waals surface area contributed by atoms with Gasteiger partial charge in [-0.3, -0.25) is 9.48 Å². The molecule has 1 aliphatic heterocycles. The third-order valence-electron chi connectivity index (χ3n) is 3.34. The van der Waals surface area contributed by atoms with E-state index in [1.165, 1.54) is 18.0 Å². The molecule has 0 saturated carbocycles. The van der Waals surface area contributed by atoms with E-state index in [1.807, 2.05) is 6.92 Å². The smallest absolute Gasteiger partial charge is 0.324 e. The zero-order valence-electron chi connectivity index (χ0n) is 11.4. The second kappa shape index (κ2) is 5.41. The van der Waals surface area contributed by atoms with E-state index in [4.69, 9.17) is 5.73 Å². The van der Waals surface area contributed by atoms with Crippen LogP contribution in [0.15, 0.2) is 11.1 Å². The molecular formula is C11H18N4O4S. The van der Waals surface area contributed by atoms with Crippen LogP contribution in [0.3, 0.4) is 0 Å². The number of sulfonamides is 1. The van der Waals surface area contributed by atoms with Gasteiger partial charge in [0.1, 0.15) is 10.9 Å². The van der Waals surface area contributed by atoms with E-state index in [0.29, 0.717) is 19.4 Å². The maximum absolute atomic E-state index is 12.6.